The Morgan fingerprint density at radius 2 is 2.18 bits per heavy atom. The standard InChI is InChI=1S/C20H21FN4O3/c1-28-11-14-10-23-18(13-8-16(21)15-2-5-22-17(15)9-13)19(24-14)25-6-3-12(4-7-25)20(26)27/h2,5,8-10,12,22H,3-4,6-7,11H2,1H3,(H,26,27). The van der Waals surface area contributed by atoms with Crippen molar-refractivity contribution in [3.05, 3.63) is 42.1 Å². The Bertz CT molecular complexity index is 1010. The van der Waals surface area contributed by atoms with Crippen LogP contribution < -0.4 is 4.90 Å². The number of methoxy groups -OCH3 is 1. The minimum Gasteiger partial charge on any atom is -0.481 e. The lowest BCUT2D eigenvalue weighted by Crippen LogP contribution is -2.37. The highest BCUT2D eigenvalue weighted by Gasteiger charge is 2.27. The summed E-state index contributed by atoms with van der Waals surface area (Å²) >= 11 is 0. The molecule has 0 saturated carbocycles. The Labute approximate surface area is 161 Å². The van der Waals surface area contributed by atoms with Gasteiger partial charge in [0.05, 0.1) is 24.4 Å². The molecule has 8 heteroatoms. The zero-order valence-electron chi connectivity index (χ0n) is 15.5. The molecule has 3 aromatic rings. The summed E-state index contributed by atoms with van der Waals surface area (Å²) in [6, 6.07) is 5.01. The summed E-state index contributed by atoms with van der Waals surface area (Å²) in [5, 5.41) is 9.77. The molecule has 0 aliphatic carbocycles. The van der Waals surface area contributed by atoms with Crippen molar-refractivity contribution < 1.29 is 19.0 Å². The number of hydrogen-bond donors (Lipinski definition) is 2. The SMILES string of the molecule is COCc1cnc(-c2cc(F)c3cc[nH]c3c2)c(N2CCC(C(=O)O)CC2)n1. The number of hydrogen-bond acceptors (Lipinski definition) is 5. The molecule has 0 spiro atoms. The number of aromatic nitrogens is 3. The molecule has 0 atom stereocenters. The maximum atomic E-state index is 14.5. The maximum absolute atomic E-state index is 14.5. The molecule has 1 aromatic carbocycles. The van der Waals surface area contributed by atoms with Crippen molar-refractivity contribution in [2.45, 2.75) is 19.4 Å². The number of carboxylic acid groups (broad SMARTS) is 1. The highest BCUT2D eigenvalue weighted by molar-refractivity contribution is 5.87. The van der Waals surface area contributed by atoms with Gasteiger partial charge in [0.25, 0.3) is 0 Å². The molecule has 0 radical (unpaired) electrons. The number of anilines is 1. The van der Waals surface area contributed by atoms with E-state index in [9.17, 15) is 14.3 Å². The second kappa shape index (κ2) is 7.55. The van der Waals surface area contributed by atoms with Crippen molar-refractivity contribution in [1.82, 2.24) is 15.0 Å². The van der Waals surface area contributed by atoms with Crippen LogP contribution in [0.3, 0.4) is 0 Å². The lowest BCUT2D eigenvalue weighted by atomic mass is 9.97. The fourth-order valence-corrected chi connectivity index (χ4v) is 3.65. The van der Waals surface area contributed by atoms with Crippen molar-refractivity contribution in [3.8, 4) is 11.3 Å². The van der Waals surface area contributed by atoms with Crippen LogP contribution in [0.15, 0.2) is 30.6 Å². The van der Waals surface area contributed by atoms with E-state index in [0.29, 0.717) is 66.2 Å². The van der Waals surface area contributed by atoms with Crippen LogP contribution in [0.5, 0.6) is 0 Å². The van der Waals surface area contributed by atoms with Gasteiger partial charge < -0.3 is 19.7 Å². The van der Waals surface area contributed by atoms with Crippen molar-refractivity contribution in [2.75, 3.05) is 25.1 Å². The van der Waals surface area contributed by atoms with Crippen molar-refractivity contribution in [2.24, 2.45) is 5.92 Å². The van der Waals surface area contributed by atoms with Crippen LogP contribution in [0.2, 0.25) is 0 Å². The van der Waals surface area contributed by atoms with E-state index in [1.165, 1.54) is 6.07 Å². The van der Waals surface area contributed by atoms with Crippen LogP contribution in [0, 0.1) is 11.7 Å². The molecule has 7 nitrogen and oxygen atoms in total. The first-order chi connectivity index (χ1) is 13.6. The molecular formula is C20H21FN4O3. The number of fused-ring (bicyclic) bond motifs is 1. The lowest BCUT2D eigenvalue weighted by molar-refractivity contribution is -0.142. The molecule has 2 N–H and O–H groups in total. The predicted molar refractivity (Wildman–Crippen MR) is 103 cm³/mol. The molecule has 28 heavy (non-hydrogen) atoms. The van der Waals surface area contributed by atoms with E-state index in [0.717, 1.165) is 0 Å². The quantitative estimate of drug-likeness (QED) is 0.702. The third kappa shape index (κ3) is 3.43. The number of benzene rings is 1. The fraction of sp³-hybridized carbons (Fsp3) is 0.350. The monoisotopic (exact) mass is 384 g/mol. The summed E-state index contributed by atoms with van der Waals surface area (Å²) in [7, 11) is 1.59. The summed E-state index contributed by atoms with van der Waals surface area (Å²) in [6.45, 7) is 1.43. The Kier molecular flexibility index (Phi) is 4.95. The van der Waals surface area contributed by atoms with Crippen LogP contribution in [-0.4, -0.2) is 46.2 Å². The highest BCUT2D eigenvalue weighted by Crippen LogP contribution is 2.33. The number of aromatic amines is 1. The number of H-pyrrole nitrogens is 1. The lowest BCUT2D eigenvalue weighted by Gasteiger charge is -2.32. The fourth-order valence-electron chi connectivity index (χ4n) is 3.65. The number of piperidine rings is 1. The van der Waals surface area contributed by atoms with Gasteiger partial charge in [0.15, 0.2) is 5.82 Å². The zero-order valence-corrected chi connectivity index (χ0v) is 15.5. The van der Waals surface area contributed by atoms with Gasteiger partial charge in [0.2, 0.25) is 0 Å². The normalized spacial score (nSPS) is 15.3. The van der Waals surface area contributed by atoms with Gasteiger partial charge in [-0.05, 0) is 31.0 Å². The molecule has 1 fully saturated rings. The van der Waals surface area contributed by atoms with Crippen molar-refractivity contribution in [3.63, 3.8) is 0 Å². The van der Waals surface area contributed by atoms with E-state index in [2.05, 4.69) is 15.0 Å². The number of nitrogens with one attached hydrogen (secondary N) is 1. The molecule has 3 heterocycles. The molecule has 1 aliphatic rings. The van der Waals surface area contributed by atoms with Gasteiger partial charge in [-0.1, -0.05) is 0 Å². The number of carboxylic acids is 1. The molecule has 0 amide bonds. The Balaban J connectivity index is 1.75. The van der Waals surface area contributed by atoms with E-state index in [1.807, 2.05) is 11.0 Å². The number of aliphatic carboxylic acids is 1. The minimum atomic E-state index is -0.765. The van der Waals surface area contributed by atoms with Crippen LogP contribution in [0.1, 0.15) is 18.5 Å². The number of nitrogens with zero attached hydrogens (tertiary/aromatic N) is 3. The largest absolute Gasteiger partial charge is 0.481 e. The zero-order chi connectivity index (χ0) is 19.7. The number of ether oxygens (including phenoxy) is 1. The number of rotatable bonds is 5. The first-order valence-corrected chi connectivity index (χ1v) is 9.16. The highest BCUT2D eigenvalue weighted by atomic mass is 19.1. The van der Waals surface area contributed by atoms with Crippen molar-refractivity contribution in [1.29, 1.82) is 0 Å². The summed E-state index contributed by atoms with van der Waals surface area (Å²) in [6.07, 6.45) is 4.40. The van der Waals surface area contributed by atoms with E-state index in [4.69, 9.17) is 4.74 Å². The van der Waals surface area contributed by atoms with Crippen molar-refractivity contribution >= 4 is 22.7 Å². The van der Waals surface area contributed by atoms with Gasteiger partial charge in [-0.15, -0.1) is 0 Å². The summed E-state index contributed by atoms with van der Waals surface area (Å²) < 4.78 is 19.7. The summed E-state index contributed by atoms with van der Waals surface area (Å²) in [5.74, 6) is -0.809. The molecule has 0 unspecified atom stereocenters. The molecule has 0 bridgehead atoms. The average Bonchev–Trinajstić information content (AvgIpc) is 3.17. The minimum absolute atomic E-state index is 0.315. The molecule has 146 valence electrons. The smallest absolute Gasteiger partial charge is 0.306 e. The Morgan fingerprint density at radius 3 is 2.89 bits per heavy atom. The van der Waals surface area contributed by atoms with Gasteiger partial charge >= 0.3 is 5.97 Å². The summed E-state index contributed by atoms with van der Waals surface area (Å²) in [5.41, 5.74) is 2.56. The third-order valence-electron chi connectivity index (χ3n) is 5.13. The Morgan fingerprint density at radius 1 is 1.39 bits per heavy atom. The topological polar surface area (TPSA) is 91.3 Å². The first kappa shape index (κ1) is 18.4. The molecule has 2 aromatic heterocycles. The van der Waals surface area contributed by atoms with Gasteiger partial charge in [-0.3, -0.25) is 9.78 Å². The van der Waals surface area contributed by atoms with Gasteiger partial charge in [-0.2, -0.15) is 0 Å². The van der Waals surface area contributed by atoms with E-state index >= 15 is 0 Å². The predicted octanol–water partition coefficient (Wildman–Crippen LogP) is 3.21. The maximum Gasteiger partial charge on any atom is 0.306 e. The molecule has 4 rings (SSSR count). The van der Waals surface area contributed by atoms with Gasteiger partial charge in [-0.25, -0.2) is 9.37 Å². The van der Waals surface area contributed by atoms with Crippen LogP contribution >= 0.6 is 0 Å². The average molecular weight is 384 g/mol. The van der Waals surface area contributed by atoms with Gasteiger partial charge in [0, 0.05) is 42.9 Å². The Hall–Kier alpha value is -3.00. The van der Waals surface area contributed by atoms with Crippen LogP contribution in [0.25, 0.3) is 22.2 Å². The van der Waals surface area contributed by atoms with Crippen LogP contribution in [0.4, 0.5) is 10.2 Å². The van der Waals surface area contributed by atoms with E-state index in [1.54, 1.807) is 25.6 Å². The molecular weight excluding hydrogens is 363 g/mol. The second-order valence-electron chi connectivity index (χ2n) is 6.96. The molecule has 1 saturated heterocycles. The summed E-state index contributed by atoms with van der Waals surface area (Å²) in [4.78, 5) is 25.5. The second-order valence-corrected chi connectivity index (χ2v) is 6.96. The van der Waals surface area contributed by atoms with Crippen LogP contribution in [-0.2, 0) is 16.1 Å². The first-order valence-electron chi connectivity index (χ1n) is 9.16. The van der Waals surface area contributed by atoms with E-state index < -0.39 is 5.97 Å². The van der Waals surface area contributed by atoms with Gasteiger partial charge in [0.1, 0.15) is 11.5 Å². The molecule has 1 aliphatic heterocycles. The number of carbonyl (C=O) groups is 1. The van der Waals surface area contributed by atoms with E-state index in [-0.39, 0.29) is 11.7 Å². The third-order valence-corrected chi connectivity index (χ3v) is 5.13. The number of halogens is 1.